The Morgan fingerprint density at radius 1 is 1.53 bits per heavy atom. The van der Waals surface area contributed by atoms with Crippen LogP contribution in [-0.4, -0.2) is 33.2 Å². The summed E-state index contributed by atoms with van der Waals surface area (Å²) in [5.74, 6) is -2.20. The zero-order chi connectivity index (χ0) is 12.2. The molecule has 1 fully saturated rings. The molecule has 6 heteroatoms. The molecule has 2 aliphatic rings. The largest absolute Gasteiger partial charge is 0.359 e. The summed E-state index contributed by atoms with van der Waals surface area (Å²) < 4.78 is 28.5. The monoisotopic (exact) mass is 353 g/mol. The van der Waals surface area contributed by atoms with Gasteiger partial charge in [0.05, 0.1) is 11.6 Å². The lowest BCUT2D eigenvalue weighted by atomic mass is 10.3. The van der Waals surface area contributed by atoms with Gasteiger partial charge in [0.1, 0.15) is 5.82 Å². The predicted molar refractivity (Wildman–Crippen MR) is 70.2 cm³/mol. The molecule has 2 unspecified atom stereocenters. The van der Waals surface area contributed by atoms with E-state index in [0.717, 1.165) is 25.3 Å². The van der Waals surface area contributed by atoms with Crippen molar-refractivity contribution in [1.29, 1.82) is 0 Å². The van der Waals surface area contributed by atoms with Crippen molar-refractivity contribution in [3.8, 4) is 0 Å². The molecular formula is C11H14F2IN3. The van der Waals surface area contributed by atoms with Crippen LogP contribution in [0.1, 0.15) is 24.5 Å². The van der Waals surface area contributed by atoms with Gasteiger partial charge in [0.2, 0.25) is 0 Å². The van der Waals surface area contributed by atoms with E-state index in [9.17, 15) is 8.78 Å². The van der Waals surface area contributed by atoms with Gasteiger partial charge < -0.3 is 4.90 Å². The Hall–Kier alpha value is -0.400. The number of aryl methyl sites for hydroxylation is 1. The van der Waals surface area contributed by atoms with Crippen molar-refractivity contribution in [2.75, 3.05) is 18.5 Å². The molecule has 2 atom stereocenters. The van der Waals surface area contributed by atoms with Crippen LogP contribution >= 0.6 is 22.6 Å². The van der Waals surface area contributed by atoms with Crippen molar-refractivity contribution in [2.45, 2.75) is 35.2 Å². The van der Waals surface area contributed by atoms with E-state index < -0.39 is 11.8 Å². The molecule has 0 saturated heterocycles. The molecule has 2 heterocycles. The van der Waals surface area contributed by atoms with Crippen molar-refractivity contribution in [3.05, 3.63) is 11.8 Å². The minimum atomic E-state index is -2.52. The van der Waals surface area contributed by atoms with Gasteiger partial charge >= 0.3 is 0 Å². The fourth-order valence-corrected chi connectivity index (χ4v) is 3.22. The van der Waals surface area contributed by atoms with Gasteiger partial charge in [0, 0.05) is 36.5 Å². The fraction of sp³-hybridized carbons (Fsp3) is 0.727. The first-order valence-corrected chi connectivity index (χ1v) is 7.03. The smallest absolute Gasteiger partial charge is 0.257 e. The molecule has 1 aromatic rings. The van der Waals surface area contributed by atoms with Crippen molar-refractivity contribution in [2.24, 2.45) is 0 Å². The normalized spacial score (nSPS) is 30.9. The summed E-state index contributed by atoms with van der Waals surface area (Å²) in [5, 5.41) is 4.34. The molecule has 0 bridgehead atoms. The van der Waals surface area contributed by atoms with Gasteiger partial charge in [-0.25, -0.2) is 13.5 Å². The Morgan fingerprint density at radius 3 is 2.88 bits per heavy atom. The summed E-state index contributed by atoms with van der Waals surface area (Å²) in [6.45, 7) is 1.78. The van der Waals surface area contributed by atoms with Gasteiger partial charge in [-0.3, -0.25) is 0 Å². The van der Waals surface area contributed by atoms with Crippen LogP contribution in [0.15, 0.2) is 6.07 Å². The summed E-state index contributed by atoms with van der Waals surface area (Å²) in [5.41, 5.74) is 0.559. The van der Waals surface area contributed by atoms with Crippen LogP contribution < -0.4 is 4.90 Å². The quantitative estimate of drug-likeness (QED) is 0.572. The minimum absolute atomic E-state index is 0.0396. The van der Waals surface area contributed by atoms with Crippen molar-refractivity contribution in [1.82, 2.24) is 9.78 Å². The van der Waals surface area contributed by atoms with Crippen LogP contribution in [0.5, 0.6) is 0 Å². The molecule has 3 nitrogen and oxygen atoms in total. The second kappa shape index (κ2) is 3.80. The predicted octanol–water partition coefficient (Wildman–Crippen LogP) is 2.65. The summed E-state index contributed by atoms with van der Waals surface area (Å²) >= 11 is 2.43. The third-order valence-electron chi connectivity index (χ3n) is 3.48. The Labute approximate surface area is 112 Å². The van der Waals surface area contributed by atoms with E-state index in [4.69, 9.17) is 0 Å². The lowest BCUT2D eigenvalue weighted by Gasteiger charge is -2.17. The van der Waals surface area contributed by atoms with E-state index in [1.54, 1.807) is 0 Å². The zero-order valence-electron chi connectivity index (χ0n) is 9.54. The standard InChI is InChI=1S/C11H14F2IN3/c1-16-6-7(14)2-3-17-10(16)4-9(15-17)8-5-11(8,12)13/h4,7-8H,2-3,5-6H2,1H3. The molecule has 1 saturated carbocycles. The Morgan fingerprint density at radius 2 is 2.24 bits per heavy atom. The maximum absolute atomic E-state index is 13.0. The molecule has 0 spiro atoms. The summed E-state index contributed by atoms with van der Waals surface area (Å²) in [6.07, 6.45) is 1.00. The molecule has 3 rings (SSSR count). The number of hydrogen-bond donors (Lipinski definition) is 0. The number of fused-ring (bicyclic) bond motifs is 1. The minimum Gasteiger partial charge on any atom is -0.359 e. The lowest BCUT2D eigenvalue weighted by molar-refractivity contribution is 0.111. The van der Waals surface area contributed by atoms with Crippen LogP contribution in [0, 0.1) is 0 Å². The van der Waals surface area contributed by atoms with Crippen molar-refractivity contribution in [3.63, 3.8) is 0 Å². The van der Waals surface area contributed by atoms with E-state index >= 15 is 0 Å². The van der Waals surface area contributed by atoms with Gasteiger partial charge in [-0.05, 0) is 6.42 Å². The van der Waals surface area contributed by atoms with E-state index in [2.05, 4.69) is 32.6 Å². The molecule has 0 radical (unpaired) electrons. The number of anilines is 1. The molecule has 17 heavy (non-hydrogen) atoms. The molecule has 1 aliphatic heterocycles. The molecular weight excluding hydrogens is 339 g/mol. The number of nitrogens with zero attached hydrogens (tertiary/aromatic N) is 3. The van der Waals surface area contributed by atoms with Gasteiger partial charge in [0.25, 0.3) is 5.92 Å². The van der Waals surface area contributed by atoms with Gasteiger partial charge in [-0.2, -0.15) is 5.10 Å². The Balaban J connectivity index is 1.89. The maximum Gasteiger partial charge on any atom is 0.257 e. The SMILES string of the molecule is CN1CC(I)CCn2nc(C3CC3(F)F)cc21. The van der Waals surface area contributed by atoms with Gasteiger partial charge in [0.15, 0.2) is 0 Å². The highest BCUT2D eigenvalue weighted by Gasteiger charge is 2.59. The molecule has 0 amide bonds. The average Bonchev–Trinajstić information content (AvgIpc) is 2.75. The third kappa shape index (κ3) is 2.04. The van der Waals surface area contributed by atoms with E-state index in [-0.39, 0.29) is 6.42 Å². The third-order valence-corrected chi connectivity index (χ3v) is 4.49. The fourth-order valence-electron chi connectivity index (χ4n) is 2.35. The van der Waals surface area contributed by atoms with Gasteiger partial charge in [-0.1, -0.05) is 22.6 Å². The number of hydrogen-bond acceptors (Lipinski definition) is 2. The van der Waals surface area contributed by atoms with Crippen molar-refractivity contribution >= 4 is 28.4 Å². The second-order valence-electron chi connectivity index (χ2n) is 4.93. The summed E-state index contributed by atoms with van der Waals surface area (Å²) in [7, 11) is 2.00. The van der Waals surface area contributed by atoms with Gasteiger partial charge in [-0.15, -0.1) is 0 Å². The van der Waals surface area contributed by atoms with Crippen molar-refractivity contribution < 1.29 is 8.78 Å². The molecule has 94 valence electrons. The number of halogens is 3. The molecule has 0 aromatic carbocycles. The summed E-state index contributed by atoms with van der Waals surface area (Å²) in [4.78, 5) is 2.11. The van der Waals surface area contributed by atoms with Crippen LogP contribution in [0.25, 0.3) is 0 Å². The number of aromatic nitrogens is 2. The Kier molecular flexibility index (Phi) is 2.61. The molecule has 1 aromatic heterocycles. The number of rotatable bonds is 1. The first kappa shape index (κ1) is 11.7. The zero-order valence-corrected chi connectivity index (χ0v) is 11.7. The van der Waals surface area contributed by atoms with E-state index in [1.807, 2.05) is 17.8 Å². The van der Waals surface area contributed by atoms with E-state index in [1.165, 1.54) is 0 Å². The first-order valence-electron chi connectivity index (χ1n) is 5.78. The summed E-state index contributed by atoms with van der Waals surface area (Å²) in [6, 6.07) is 1.83. The van der Waals surface area contributed by atoms with Crippen LogP contribution in [0.3, 0.4) is 0 Å². The van der Waals surface area contributed by atoms with Crippen LogP contribution in [-0.2, 0) is 6.54 Å². The number of alkyl halides is 3. The highest BCUT2D eigenvalue weighted by atomic mass is 127. The highest BCUT2D eigenvalue weighted by molar-refractivity contribution is 14.1. The first-order chi connectivity index (χ1) is 7.97. The highest BCUT2D eigenvalue weighted by Crippen LogP contribution is 2.55. The molecule has 0 N–H and O–H groups in total. The maximum atomic E-state index is 13.0. The second-order valence-corrected chi connectivity index (χ2v) is 6.70. The Bertz CT molecular complexity index is 446. The average molecular weight is 353 g/mol. The topological polar surface area (TPSA) is 21.1 Å². The lowest BCUT2D eigenvalue weighted by Crippen LogP contribution is -2.24. The van der Waals surface area contributed by atoms with E-state index in [0.29, 0.717) is 9.62 Å². The van der Waals surface area contributed by atoms with Crippen LogP contribution in [0.2, 0.25) is 0 Å². The van der Waals surface area contributed by atoms with Crippen LogP contribution in [0.4, 0.5) is 14.6 Å². The molecule has 1 aliphatic carbocycles.